The summed E-state index contributed by atoms with van der Waals surface area (Å²) in [5.74, 6) is 0.975. The van der Waals surface area contributed by atoms with Crippen molar-refractivity contribution in [2.75, 3.05) is 13.1 Å². The average molecular weight is 238 g/mol. The minimum Gasteiger partial charge on any atom is -0.313 e. The SMILES string of the molecule is CCNC1CCC(CC)CC1N(CC)C1CC1. The van der Waals surface area contributed by atoms with Crippen LogP contribution in [0.5, 0.6) is 0 Å². The van der Waals surface area contributed by atoms with E-state index >= 15 is 0 Å². The molecule has 0 saturated heterocycles. The largest absolute Gasteiger partial charge is 0.313 e. The van der Waals surface area contributed by atoms with Gasteiger partial charge in [-0.05, 0) is 51.1 Å². The third-order valence-corrected chi connectivity index (χ3v) is 4.78. The molecule has 2 heteroatoms. The van der Waals surface area contributed by atoms with Gasteiger partial charge in [0.1, 0.15) is 0 Å². The van der Waals surface area contributed by atoms with E-state index < -0.39 is 0 Å². The lowest BCUT2D eigenvalue weighted by atomic mass is 9.80. The molecule has 2 fully saturated rings. The topological polar surface area (TPSA) is 15.3 Å². The molecule has 0 radical (unpaired) electrons. The molecular weight excluding hydrogens is 208 g/mol. The quantitative estimate of drug-likeness (QED) is 0.765. The first kappa shape index (κ1) is 13.4. The van der Waals surface area contributed by atoms with Crippen LogP contribution in [-0.4, -0.2) is 36.1 Å². The molecule has 2 saturated carbocycles. The third-order valence-electron chi connectivity index (χ3n) is 4.78. The van der Waals surface area contributed by atoms with Crippen LogP contribution in [0.4, 0.5) is 0 Å². The lowest BCUT2D eigenvalue weighted by Crippen LogP contribution is -2.53. The van der Waals surface area contributed by atoms with Crippen LogP contribution in [0.15, 0.2) is 0 Å². The van der Waals surface area contributed by atoms with Gasteiger partial charge < -0.3 is 5.32 Å². The standard InChI is InChI=1S/C15H30N2/c1-4-12-7-10-14(16-5-2)15(11-12)17(6-3)13-8-9-13/h12-16H,4-11H2,1-3H3. The first-order valence-corrected chi connectivity index (χ1v) is 7.79. The van der Waals surface area contributed by atoms with Gasteiger partial charge in [-0.25, -0.2) is 0 Å². The Bertz CT molecular complexity index is 225. The highest BCUT2D eigenvalue weighted by molar-refractivity contribution is 4.96. The Kier molecular flexibility index (Phi) is 4.87. The molecule has 0 amide bonds. The van der Waals surface area contributed by atoms with Gasteiger partial charge in [0.15, 0.2) is 0 Å². The highest BCUT2D eigenvalue weighted by Gasteiger charge is 2.39. The first-order valence-electron chi connectivity index (χ1n) is 7.79. The molecule has 1 N–H and O–H groups in total. The summed E-state index contributed by atoms with van der Waals surface area (Å²) in [4.78, 5) is 2.80. The molecule has 3 atom stereocenters. The molecule has 0 aromatic heterocycles. The van der Waals surface area contributed by atoms with Crippen LogP contribution in [0.3, 0.4) is 0 Å². The Morgan fingerprint density at radius 3 is 2.35 bits per heavy atom. The minimum atomic E-state index is 0.753. The van der Waals surface area contributed by atoms with Crippen molar-refractivity contribution in [1.82, 2.24) is 10.2 Å². The predicted octanol–water partition coefficient (Wildman–Crippen LogP) is 3.03. The van der Waals surface area contributed by atoms with Crippen molar-refractivity contribution in [3.63, 3.8) is 0 Å². The van der Waals surface area contributed by atoms with Gasteiger partial charge in [0.05, 0.1) is 0 Å². The second kappa shape index (κ2) is 6.19. The van der Waals surface area contributed by atoms with E-state index in [1.807, 2.05) is 0 Å². The Morgan fingerprint density at radius 1 is 1.06 bits per heavy atom. The number of nitrogens with zero attached hydrogens (tertiary/aromatic N) is 1. The molecule has 0 spiro atoms. The highest BCUT2D eigenvalue weighted by Crippen LogP contribution is 2.36. The zero-order valence-corrected chi connectivity index (χ0v) is 11.9. The van der Waals surface area contributed by atoms with Crippen LogP contribution in [-0.2, 0) is 0 Å². The molecule has 0 aromatic rings. The maximum atomic E-state index is 3.73. The van der Waals surface area contributed by atoms with Gasteiger partial charge in [0.2, 0.25) is 0 Å². The molecule has 100 valence electrons. The lowest BCUT2D eigenvalue weighted by molar-refractivity contribution is 0.0939. The summed E-state index contributed by atoms with van der Waals surface area (Å²) in [6, 6.07) is 2.48. The Hall–Kier alpha value is -0.0800. The van der Waals surface area contributed by atoms with E-state index in [4.69, 9.17) is 0 Å². The van der Waals surface area contributed by atoms with Gasteiger partial charge in [-0.2, -0.15) is 0 Å². The summed E-state index contributed by atoms with van der Waals surface area (Å²) < 4.78 is 0. The molecule has 2 aliphatic carbocycles. The molecule has 0 bridgehead atoms. The van der Waals surface area contributed by atoms with Crippen molar-refractivity contribution in [2.45, 2.75) is 77.4 Å². The lowest BCUT2D eigenvalue weighted by Gasteiger charge is -2.43. The fourth-order valence-corrected chi connectivity index (χ4v) is 3.64. The molecule has 2 nitrogen and oxygen atoms in total. The van der Waals surface area contributed by atoms with Gasteiger partial charge in [0, 0.05) is 18.1 Å². The van der Waals surface area contributed by atoms with Gasteiger partial charge in [-0.15, -0.1) is 0 Å². The first-order chi connectivity index (χ1) is 8.30. The molecule has 2 rings (SSSR count). The van der Waals surface area contributed by atoms with Crippen LogP contribution in [0.1, 0.15) is 59.3 Å². The van der Waals surface area contributed by atoms with Crippen molar-refractivity contribution >= 4 is 0 Å². The zero-order chi connectivity index (χ0) is 12.3. The molecule has 3 unspecified atom stereocenters. The zero-order valence-electron chi connectivity index (χ0n) is 11.9. The van der Waals surface area contributed by atoms with E-state index in [0.717, 1.165) is 30.6 Å². The summed E-state index contributed by atoms with van der Waals surface area (Å²) in [5.41, 5.74) is 0. The monoisotopic (exact) mass is 238 g/mol. The molecule has 0 aliphatic heterocycles. The van der Waals surface area contributed by atoms with E-state index in [1.165, 1.54) is 45.1 Å². The number of hydrogen-bond acceptors (Lipinski definition) is 2. The maximum Gasteiger partial charge on any atom is 0.0254 e. The number of rotatable bonds is 6. The fourth-order valence-electron chi connectivity index (χ4n) is 3.64. The van der Waals surface area contributed by atoms with Crippen molar-refractivity contribution in [3.05, 3.63) is 0 Å². The summed E-state index contributed by atoms with van der Waals surface area (Å²) in [6.45, 7) is 9.32. The maximum absolute atomic E-state index is 3.73. The number of likely N-dealkylation sites (N-methyl/N-ethyl adjacent to an activating group) is 2. The van der Waals surface area contributed by atoms with Gasteiger partial charge >= 0.3 is 0 Å². The van der Waals surface area contributed by atoms with Crippen LogP contribution in [0.2, 0.25) is 0 Å². The third kappa shape index (κ3) is 3.23. The normalized spacial score (nSPS) is 34.2. The molecular formula is C15H30N2. The van der Waals surface area contributed by atoms with Crippen LogP contribution in [0, 0.1) is 5.92 Å². The van der Waals surface area contributed by atoms with Crippen molar-refractivity contribution in [2.24, 2.45) is 5.92 Å². The number of nitrogens with one attached hydrogen (secondary N) is 1. The smallest absolute Gasteiger partial charge is 0.0254 e. The van der Waals surface area contributed by atoms with E-state index in [1.54, 1.807) is 0 Å². The molecule has 17 heavy (non-hydrogen) atoms. The Balaban J connectivity index is 2.00. The highest BCUT2D eigenvalue weighted by atomic mass is 15.2. The molecule has 2 aliphatic rings. The van der Waals surface area contributed by atoms with Crippen molar-refractivity contribution < 1.29 is 0 Å². The van der Waals surface area contributed by atoms with E-state index in [-0.39, 0.29) is 0 Å². The van der Waals surface area contributed by atoms with Crippen LogP contribution < -0.4 is 5.32 Å². The van der Waals surface area contributed by atoms with E-state index in [9.17, 15) is 0 Å². The Morgan fingerprint density at radius 2 is 1.82 bits per heavy atom. The average Bonchev–Trinajstić information content (AvgIpc) is 3.17. The molecule has 0 heterocycles. The summed E-state index contributed by atoms with van der Waals surface area (Å²) in [7, 11) is 0. The van der Waals surface area contributed by atoms with Gasteiger partial charge in [-0.3, -0.25) is 4.90 Å². The second-order valence-corrected chi connectivity index (χ2v) is 5.88. The second-order valence-electron chi connectivity index (χ2n) is 5.88. The van der Waals surface area contributed by atoms with E-state index in [2.05, 4.69) is 31.0 Å². The Labute approximate surface area is 107 Å². The summed E-state index contributed by atoms with van der Waals surface area (Å²) >= 11 is 0. The van der Waals surface area contributed by atoms with Crippen LogP contribution in [0.25, 0.3) is 0 Å². The fraction of sp³-hybridized carbons (Fsp3) is 1.00. The van der Waals surface area contributed by atoms with Crippen molar-refractivity contribution in [3.8, 4) is 0 Å². The molecule has 0 aromatic carbocycles. The summed E-state index contributed by atoms with van der Waals surface area (Å²) in [5, 5.41) is 3.73. The van der Waals surface area contributed by atoms with Crippen molar-refractivity contribution in [1.29, 1.82) is 0 Å². The van der Waals surface area contributed by atoms with Crippen LogP contribution >= 0.6 is 0 Å². The van der Waals surface area contributed by atoms with Gasteiger partial charge in [0.25, 0.3) is 0 Å². The number of hydrogen-bond donors (Lipinski definition) is 1. The van der Waals surface area contributed by atoms with Gasteiger partial charge in [-0.1, -0.05) is 27.2 Å². The minimum absolute atomic E-state index is 0.753. The summed E-state index contributed by atoms with van der Waals surface area (Å²) in [6.07, 6.45) is 8.52. The van der Waals surface area contributed by atoms with E-state index in [0.29, 0.717) is 0 Å². The predicted molar refractivity (Wildman–Crippen MR) is 74.3 cm³/mol.